The first kappa shape index (κ1) is 15.5. The molecule has 2 rings (SSSR count). The van der Waals surface area contributed by atoms with Crippen molar-refractivity contribution in [2.45, 2.75) is 32.4 Å². The van der Waals surface area contributed by atoms with Crippen molar-refractivity contribution in [1.82, 2.24) is 0 Å². The minimum absolute atomic E-state index is 0.107. The van der Waals surface area contributed by atoms with Gasteiger partial charge in [0.2, 0.25) is 0 Å². The number of nitrogens with two attached hydrogens (primary N) is 1. The Morgan fingerprint density at radius 1 is 1.40 bits per heavy atom. The van der Waals surface area contributed by atoms with Crippen molar-refractivity contribution < 1.29 is 9.13 Å². The number of rotatable bonds is 5. The average Bonchev–Trinajstić information content (AvgIpc) is 2.83. The van der Waals surface area contributed by atoms with Crippen LogP contribution in [0.4, 0.5) is 4.39 Å². The van der Waals surface area contributed by atoms with E-state index in [4.69, 9.17) is 10.5 Å². The molecule has 2 unspecified atom stereocenters. The highest BCUT2D eigenvalue weighted by atomic mass is 79.9. The van der Waals surface area contributed by atoms with Gasteiger partial charge in [0, 0.05) is 10.9 Å². The Bertz CT molecular complexity index is 587. The molecule has 1 heterocycles. The van der Waals surface area contributed by atoms with Crippen LogP contribution in [0.1, 0.15) is 29.9 Å². The molecule has 0 bridgehead atoms. The Morgan fingerprint density at radius 2 is 2.15 bits per heavy atom. The van der Waals surface area contributed by atoms with Gasteiger partial charge in [0.25, 0.3) is 0 Å². The van der Waals surface area contributed by atoms with Crippen LogP contribution < -0.4 is 10.5 Å². The van der Waals surface area contributed by atoms with E-state index in [9.17, 15) is 4.39 Å². The highest BCUT2D eigenvalue weighted by Crippen LogP contribution is 2.34. The second kappa shape index (κ2) is 6.70. The molecule has 0 saturated heterocycles. The fourth-order valence-corrected chi connectivity index (χ4v) is 3.41. The molecule has 2 aromatic rings. The Morgan fingerprint density at radius 3 is 2.70 bits per heavy atom. The van der Waals surface area contributed by atoms with Gasteiger partial charge >= 0.3 is 0 Å². The maximum Gasteiger partial charge on any atom is 0.148 e. The third-order valence-electron chi connectivity index (χ3n) is 3.17. The molecule has 1 aromatic carbocycles. The molecule has 0 amide bonds. The van der Waals surface area contributed by atoms with E-state index in [2.05, 4.69) is 22.0 Å². The van der Waals surface area contributed by atoms with Gasteiger partial charge in [0.05, 0.1) is 4.47 Å². The van der Waals surface area contributed by atoms with E-state index in [1.54, 1.807) is 17.4 Å². The summed E-state index contributed by atoms with van der Waals surface area (Å²) in [7, 11) is 0. The molecule has 1 aromatic heterocycles. The van der Waals surface area contributed by atoms with E-state index >= 15 is 0 Å². The fourth-order valence-electron chi connectivity index (χ4n) is 1.93. The molecule has 0 fully saturated rings. The molecule has 20 heavy (non-hydrogen) atoms. The van der Waals surface area contributed by atoms with Crippen molar-refractivity contribution in [3.8, 4) is 5.75 Å². The van der Waals surface area contributed by atoms with E-state index < -0.39 is 0 Å². The smallest absolute Gasteiger partial charge is 0.148 e. The van der Waals surface area contributed by atoms with Crippen LogP contribution in [0.2, 0.25) is 0 Å². The van der Waals surface area contributed by atoms with Crippen LogP contribution in [0.3, 0.4) is 0 Å². The van der Waals surface area contributed by atoms with E-state index in [1.165, 1.54) is 17.7 Å². The minimum Gasteiger partial charge on any atom is -0.482 e. The summed E-state index contributed by atoms with van der Waals surface area (Å²) in [6.45, 7) is 4.08. The van der Waals surface area contributed by atoms with Gasteiger partial charge < -0.3 is 10.5 Å². The number of halogens is 2. The van der Waals surface area contributed by atoms with Crippen LogP contribution in [0, 0.1) is 12.7 Å². The number of benzene rings is 1. The molecule has 5 heteroatoms. The summed E-state index contributed by atoms with van der Waals surface area (Å²) in [6, 6.07) is 6.35. The zero-order valence-corrected chi connectivity index (χ0v) is 13.8. The zero-order valence-electron chi connectivity index (χ0n) is 11.4. The maximum absolute atomic E-state index is 13.1. The number of ether oxygens (including phenoxy) is 1. The monoisotopic (exact) mass is 357 g/mol. The molecule has 2 N–H and O–H groups in total. The minimum atomic E-state index is -0.298. The lowest BCUT2D eigenvalue weighted by Crippen LogP contribution is -2.31. The number of thiophene rings is 1. The van der Waals surface area contributed by atoms with E-state index in [1.807, 2.05) is 19.2 Å². The summed E-state index contributed by atoms with van der Waals surface area (Å²) in [5.41, 5.74) is 7.37. The van der Waals surface area contributed by atoms with Gasteiger partial charge in [-0.1, -0.05) is 6.92 Å². The normalized spacial score (nSPS) is 14.1. The second-order valence-electron chi connectivity index (χ2n) is 4.65. The summed E-state index contributed by atoms with van der Waals surface area (Å²) in [5, 5.41) is 2.03. The topological polar surface area (TPSA) is 35.2 Å². The highest BCUT2D eigenvalue weighted by Gasteiger charge is 2.24. The molecule has 0 aliphatic heterocycles. The predicted octanol–water partition coefficient (Wildman–Crippen LogP) is 4.82. The number of hydrogen-bond acceptors (Lipinski definition) is 3. The number of hydrogen-bond donors (Lipinski definition) is 1. The van der Waals surface area contributed by atoms with Crippen molar-refractivity contribution in [2.75, 3.05) is 0 Å². The molecular formula is C15H17BrFNOS. The van der Waals surface area contributed by atoms with Gasteiger partial charge in [0.1, 0.15) is 17.7 Å². The predicted molar refractivity (Wildman–Crippen MR) is 84.8 cm³/mol. The molecule has 0 aliphatic rings. The first-order chi connectivity index (χ1) is 9.52. The molecule has 0 saturated carbocycles. The van der Waals surface area contributed by atoms with Gasteiger partial charge in [-0.3, -0.25) is 0 Å². The summed E-state index contributed by atoms with van der Waals surface area (Å²) in [6.07, 6.45) is 0.586. The molecule has 0 spiro atoms. The lowest BCUT2D eigenvalue weighted by molar-refractivity contribution is 0.172. The third kappa shape index (κ3) is 3.40. The SMILES string of the molecule is CCC(N)C(Oc1ccc(F)cc1Br)c1sccc1C. The van der Waals surface area contributed by atoms with Crippen LogP contribution in [-0.2, 0) is 0 Å². The molecule has 2 nitrogen and oxygen atoms in total. The van der Waals surface area contributed by atoms with E-state index in [0.717, 1.165) is 11.3 Å². The second-order valence-corrected chi connectivity index (χ2v) is 6.46. The van der Waals surface area contributed by atoms with Gasteiger partial charge in [-0.15, -0.1) is 11.3 Å². The first-order valence-corrected chi connectivity index (χ1v) is 8.11. The van der Waals surface area contributed by atoms with Gasteiger partial charge in [0.15, 0.2) is 0 Å². The number of aryl methyl sites for hydroxylation is 1. The Hall–Kier alpha value is -0.910. The molecule has 2 atom stereocenters. The largest absolute Gasteiger partial charge is 0.482 e. The summed E-state index contributed by atoms with van der Waals surface area (Å²) >= 11 is 4.96. The first-order valence-electron chi connectivity index (χ1n) is 6.44. The zero-order chi connectivity index (χ0) is 14.7. The summed E-state index contributed by atoms with van der Waals surface area (Å²) in [5.74, 6) is 0.306. The van der Waals surface area contributed by atoms with Crippen molar-refractivity contribution in [3.63, 3.8) is 0 Å². The van der Waals surface area contributed by atoms with Crippen molar-refractivity contribution in [2.24, 2.45) is 5.73 Å². The summed E-state index contributed by atoms with van der Waals surface area (Å²) < 4.78 is 19.8. The maximum atomic E-state index is 13.1. The lowest BCUT2D eigenvalue weighted by Gasteiger charge is -2.24. The van der Waals surface area contributed by atoms with E-state index in [-0.39, 0.29) is 18.0 Å². The Labute approximate surface area is 130 Å². The fraction of sp³-hybridized carbons (Fsp3) is 0.333. The van der Waals surface area contributed by atoms with Crippen molar-refractivity contribution in [3.05, 3.63) is 50.4 Å². The summed E-state index contributed by atoms with van der Waals surface area (Å²) in [4.78, 5) is 1.12. The third-order valence-corrected chi connectivity index (χ3v) is 4.87. The van der Waals surface area contributed by atoms with Crippen LogP contribution >= 0.6 is 27.3 Å². The molecule has 0 aliphatic carbocycles. The van der Waals surface area contributed by atoms with Crippen LogP contribution in [-0.4, -0.2) is 6.04 Å². The standard InChI is InChI=1S/C15H17BrFNOS/c1-3-12(18)14(15-9(2)6-7-20-15)19-13-5-4-10(17)8-11(13)16/h4-8,12,14H,3,18H2,1-2H3. The lowest BCUT2D eigenvalue weighted by atomic mass is 10.1. The average molecular weight is 358 g/mol. The van der Waals surface area contributed by atoms with Crippen LogP contribution in [0.5, 0.6) is 5.75 Å². The Kier molecular flexibility index (Phi) is 5.18. The van der Waals surface area contributed by atoms with Crippen LogP contribution in [0.25, 0.3) is 0 Å². The van der Waals surface area contributed by atoms with Crippen molar-refractivity contribution >= 4 is 27.3 Å². The van der Waals surface area contributed by atoms with Gasteiger partial charge in [-0.05, 0) is 64.5 Å². The molecule has 108 valence electrons. The van der Waals surface area contributed by atoms with Crippen LogP contribution in [0.15, 0.2) is 34.1 Å². The highest BCUT2D eigenvalue weighted by molar-refractivity contribution is 9.10. The van der Waals surface area contributed by atoms with Gasteiger partial charge in [-0.2, -0.15) is 0 Å². The molecule has 0 radical (unpaired) electrons. The van der Waals surface area contributed by atoms with E-state index in [0.29, 0.717) is 10.2 Å². The van der Waals surface area contributed by atoms with Gasteiger partial charge in [-0.25, -0.2) is 4.39 Å². The Balaban J connectivity index is 2.31. The van der Waals surface area contributed by atoms with Crippen molar-refractivity contribution in [1.29, 1.82) is 0 Å². The quantitative estimate of drug-likeness (QED) is 0.832. The molecular weight excluding hydrogens is 341 g/mol.